The second kappa shape index (κ2) is 2.28. The van der Waals surface area contributed by atoms with Gasteiger partial charge in [0.25, 0.3) is 0 Å². The first-order valence-corrected chi connectivity index (χ1v) is 2.67. The molecule has 3 nitrogen and oxygen atoms in total. The summed E-state index contributed by atoms with van der Waals surface area (Å²) < 4.78 is 17.7. The highest BCUT2D eigenvalue weighted by Crippen LogP contribution is 1.75. The molecule has 0 heterocycles. The Morgan fingerprint density at radius 3 is 2.17 bits per heavy atom. The molecule has 38 valence electrons. The molecule has 0 aliphatic carbocycles. The average molecular weight is 109 g/mol. The topological polar surface area (TPSA) is 63.3 Å². The van der Waals surface area contributed by atoms with Crippen molar-refractivity contribution in [1.82, 2.24) is 0 Å². The molecule has 0 spiro atoms. The van der Waals surface area contributed by atoms with Gasteiger partial charge in [0.1, 0.15) is 5.37 Å². The molecule has 0 aromatic heterocycles. The minimum Gasteiger partial charge on any atom is -0.316 e. The van der Waals surface area contributed by atoms with Gasteiger partial charge in [-0.2, -0.15) is 0 Å². The number of nitrogens with two attached hydrogens (primary N) is 1. The fraction of sp³-hybridized carbons (Fsp3) is 1.00. The van der Waals surface area contributed by atoms with Crippen molar-refractivity contribution in [2.24, 2.45) is 5.73 Å². The van der Waals surface area contributed by atoms with Crippen molar-refractivity contribution in [3.63, 3.8) is 0 Å². The highest BCUT2D eigenvalue weighted by molar-refractivity contribution is 7.79. The van der Waals surface area contributed by atoms with E-state index in [1.54, 1.807) is 0 Å². The second-order valence-electron chi connectivity index (χ2n) is 0.981. The summed E-state index contributed by atoms with van der Waals surface area (Å²) >= 11 is -1.84. The molecular weight excluding hydrogens is 102 g/mol. The Kier molecular flexibility index (Phi) is 2.31. The van der Waals surface area contributed by atoms with Crippen LogP contribution in [0.15, 0.2) is 0 Å². The van der Waals surface area contributed by atoms with Crippen LogP contribution in [-0.2, 0) is 11.1 Å². The average Bonchev–Trinajstić information content (AvgIpc) is 1.36. The predicted molar refractivity (Wildman–Crippen MR) is 24.4 cm³/mol. The summed E-state index contributed by atoms with van der Waals surface area (Å²) in [7, 11) is 0. The molecule has 0 saturated heterocycles. The molecule has 0 bridgehead atoms. The summed E-state index contributed by atoms with van der Waals surface area (Å²) in [6.07, 6.45) is 0. The van der Waals surface area contributed by atoms with Crippen LogP contribution in [0.1, 0.15) is 6.92 Å². The lowest BCUT2D eigenvalue weighted by Gasteiger charge is -1.91. The van der Waals surface area contributed by atoms with E-state index < -0.39 is 16.5 Å². The van der Waals surface area contributed by atoms with Gasteiger partial charge < -0.3 is 10.3 Å². The van der Waals surface area contributed by atoms with Gasteiger partial charge in [0, 0.05) is 0 Å². The Morgan fingerprint density at radius 2 is 2.17 bits per heavy atom. The largest absolute Gasteiger partial charge is 0.316 e. The lowest BCUT2D eigenvalue weighted by atomic mass is 10.8. The third-order valence-corrected chi connectivity index (χ3v) is 0.954. The van der Waals surface area contributed by atoms with Gasteiger partial charge >= 0.3 is 0 Å². The van der Waals surface area contributed by atoms with Crippen molar-refractivity contribution in [3.8, 4) is 0 Å². The van der Waals surface area contributed by atoms with Gasteiger partial charge in [-0.05, 0) is 6.92 Å². The fourth-order valence-electron chi connectivity index (χ4n) is 0. The molecule has 0 aliphatic rings. The van der Waals surface area contributed by atoms with Crippen LogP contribution in [0.5, 0.6) is 0 Å². The molecule has 0 aliphatic heterocycles. The molecule has 0 aromatic carbocycles. The standard InChI is InChI=1S/C2H7NO2S/c1-2(3)6(4)5/h2H,3H2,1H3,(H,4,5)/t2-/m1/s1. The maximum absolute atomic E-state index is 9.69. The third kappa shape index (κ3) is 2.32. The highest BCUT2D eigenvalue weighted by Gasteiger charge is 1.95. The molecule has 3 N–H and O–H groups in total. The van der Waals surface area contributed by atoms with E-state index in [9.17, 15) is 4.21 Å². The van der Waals surface area contributed by atoms with Crippen molar-refractivity contribution >= 4 is 11.1 Å². The van der Waals surface area contributed by atoms with E-state index in [1.807, 2.05) is 0 Å². The van der Waals surface area contributed by atoms with Crippen LogP contribution in [0.2, 0.25) is 0 Å². The molecule has 1 unspecified atom stereocenters. The van der Waals surface area contributed by atoms with E-state index in [4.69, 9.17) is 10.3 Å². The van der Waals surface area contributed by atoms with Crippen molar-refractivity contribution < 1.29 is 8.76 Å². The predicted octanol–water partition coefficient (Wildman–Crippen LogP) is -0.487. The maximum Gasteiger partial charge on any atom is 0.170 e. The molecule has 4 heteroatoms. The van der Waals surface area contributed by atoms with Gasteiger partial charge in [-0.1, -0.05) is 0 Å². The molecular formula is C2H7NO2S. The molecule has 0 saturated carbocycles. The Bertz CT molecular complexity index is 62.6. The number of hydrogen-bond donors (Lipinski definition) is 2. The summed E-state index contributed by atoms with van der Waals surface area (Å²) in [5, 5.41) is -0.620. The van der Waals surface area contributed by atoms with Gasteiger partial charge in [-0.15, -0.1) is 0 Å². The molecule has 0 amide bonds. The zero-order valence-corrected chi connectivity index (χ0v) is 4.23. The minimum atomic E-state index is -1.84. The molecule has 0 aromatic rings. The first kappa shape index (κ1) is 6.07. The van der Waals surface area contributed by atoms with Gasteiger partial charge in [0.05, 0.1) is 0 Å². The molecule has 0 radical (unpaired) electrons. The lowest BCUT2D eigenvalue weighted by Crippen LogP contribution is -2.20. The van der Waals surface area contributed by atoms with Crippen LogP contribution in [-0.4, -0.2) is 14.1 Å². The van der Waals surface area contributed by atoms with Crippen LogP contribution >= 0.6 is 0 Å². The van der Waals surface area contributed by atoms with E-state index in [0.717, 1.165) is 0 Å². The molecule has 6 heavy (non-hydrogen) atoms. The lowest BCUT2D eigenvalue weighted by molar-refractivity contribution is 0.553. The van der Waals surface area contributed by atoms with Crippen LogP contribution in [0.4, 0.5) is 0 Å². The maximum atomic E-state index is 9.69. The zero-order chi connectivity index (χ0) is 5.15. The fourth-order valence-corrected chi connectivity index (χ4v) is 0. The zero-order valence-electron chi connectivity index (χ0n) is 3.42. The summed E-state index contributed by atoms with van der Waals surface area (Å²) in [6, 6.07) is 0. The Morgan fingerprint density at radius 1 is 2.00 bits per heavy atom. The monoisotopic (exact) mass is 109 g/mol. The minimum absolute atomic E-state index is 0.620. The van der Waals surface area contributed by atoms with Crippen molar-refractivity contribution in [3.05, 3.63) is 0 Å². The Balaban J connectivity index is 3.26. The molecule has 2 atom stereocenters. The van der Waals surface area contributed by atoms with Gasteiger partial charge in [-0.25, -0.2) is 4.21 Å². The normalized spacial score (nSPS) is 19.8. The summed E-state index contributed by atoms with van der Waals surface area (Å²) in [5.41, 5.74) is 4.89. The third-order valence-electron chi connectivity index (χ3n) is 0.318. The Labute approximate surface area is 38.8 Å². The molecule has 0 fully saturated rings. The smallest absolute Gasteiger partial charge is 0.170 e. The first-order chi connectivity index (χ1) is 2.64. The summed E-state index contributed by atoms with van der Waals surface area (Å²) in [6.45, 7) is 1.47. The van der Waals surface area contributed by atoms with Crippen LogP contribution < -0.4 is 5.73 Å². The van der Waals surface area contributed by atoms with E-state index in [1.165, 1.54) is 6.92 Å². The number of hydrogen-bond acceptors (Lipinski definition) is 2. The van der Waals surface area contributed by atoms with Gasteiger partial charge in [-0.3, -0.25) is 0 Å². The van der Waals surface area contributed by atoms with E-state index in [0.29, 0.717) is 0 Å². The van der Waals surface area contributed by atoms with Crippen LogP contribution in [0.3, 0.4) is 0 Å². The highest BCUT2D eigenvalue weighted by atomic mass is 32.2. The van der Waals surface area contributed by atoms with E-state index in [-0.39, 0.29) is 0 Å². The van der Waals surface area contributed by atoms with Crippen molar-refractivity contribution in [1.29, 1.82) is 0 Å². The van der Waals surface area contributed by atoms with Crippen molar-refractivity contribution in [2.75, 3.05) is 0 Å². The first-order valence-electron chi connectivity index (χ1n) is 1.50. The van der Waals surface area contributed by atoms with Gasteiger partial charge in [0.2, 0.25) is 0 Å². The summed E-state index contributed by atoms with van der Waals surface area (Å²) in [5.74, 6) is 0. The van der Waals surface area contributed by atoms with E-state index in [2.05, 4.69) is 0 Å². The second-order valence-corrected chi connectivity index (χ2v) is 2.28. The number of rotatable bonds is 1. The van der Waals surface area contributed by atoms with Crippen LogP contribution in [0.25, 0.3) is 0 Å². The van der Waals surface area contributed by atoms with Crippen molar-refractivity contribution in [2.45, 2.75) is 12.3 Å². The molecule has 0 rings (SSSR count). The quantitative estimate of drug-likeness (QED) is 0.447. The Hall–Kier alpha value is 0.0700. The van der Waals surface area contributed by atoms with E-state index >= 15 is 0 Å². The SMILES string of the molecule is C[C@H](N)S(=O)O. The summed E-state index contributed by atoms with van der Waals surface area (Å²) in [4.78, 5) is 0. The van der Waals surface area contributed by atoms with Gasteiger partial charge in [0.15, 0.2) is 11.1 Å². The van der Waals surface area contributed by atoms with Crippen LogP contribution in [0, 0.1) is 0 Å².